The van der Waals surface area contributed by atoms with Crippen LogP contribution in [0.3, 0.4) is 0 Å². The number of carboxylic acid groups (broad SMARTS) is 3. The molecule has 42 heavy (non-hydrogen) atoms. The SMILES string of the molecule is Cc1ccc(C(=O)O)cc1NC(=O)C(Sc1ccc(NC(=O)c2ccc(C(=O)O)cc2C(=O)O)cc1)c1ccccc1. The van der Waals surface area contributed by atoms with Gasteiger partial charge >= 0.3 is 17.9 Å². The first kappa shape index (κ1) is 29.6. The first-order chi connectivity index (χ1) is 20.0. The van der Waals surface area contributed by atoms with Crippen LogP contribution in [0.2, 0.25) is 0 Å². The highest BCUT2D eigenvalue weighted by Gasteiger charge is 2.24. The van der Waals surface area contributed by atoms with Crippen molar-refractivity contribution < 1.29 is 39.3 Å². The van der Waals surface area contributed by atoms with Gasteiger partial charge in [-0.3, -0.25) is 9.59 Å². The summed E-state index contributed by atoms with van der Waals surface area (Å²) in [7, 11) is 0. The van der Waals surface area contributed by atoms with Crippen LogP contribution >= 0.6 is 11.8 Å². The van der Waals surface area contributed by atoms with Crippen molar-refractivity contribution in [2.24, 2.45) is 0 Å². The maximum Gasteiger partial charge on any atom is 0.336 e. The molecule has 11 heteroatoms. The van der Waals surface area contributed by atoms with E-state index in [9.17, 15) is 34.2 Å². The van der Waals surface area contributed by atoms with E-state index in [2.05, 4.69) is 10.6 Å². The lowest BCUT2D eigenvalue weighted by molar-refractivity contribution is -0.115. The van der Waals surface area contributed by atoms with Crippen LogP contribution in [0.5, 0.6) is 0 Å². The minimum atomic E-state index is -1.44. The monoisotopic (exact) mass is 584 g/mol. The second kappa shape index (κ2) is 12.8. The van der Waals surface area contributed by atoms with Gasteiger partial charge in [0.25, 0.3) is 5.91 Å². The Hall–Kier alpha value is -5.42. The molecular weight excluding hydrogens is 560 g/mol. The van der Waals surface area contributed by atoms with Gasteiger partial charge in [0.2, 0.25) is 5.91 Å². The van der Waals surface area contributed by atoms with Crippen LogP contribution in [0.1, 0.15) is 57.8 Å². The molecular formula is C31H24N2O8S. The molecule has 2 amide bonds. The number of hydrogen-bond donors (Lipinski definition) is 5. The van der Waals surface area contributed by atoms with Gasteiger partial charge in [0, 0.05) is 16.3 Å². The fraction of sp³-hybridized carbons (Fsp3) is 0.0645. The van der Waals surface area contributed by atoms with Gasteiger partial charge in [-0.05, 0) is 72.6 Å². The van der Waals surface area contributed by atoms with Crippen molar-refractivity contribution in [2.45, 2.75) is 17.1 Å². The van der Waals surface area contributed by atoms with Gasteiger partial charge in [-0.25, -0.2) is 14.4 Å². The average molecular weight is 585 g/mol. The summed E-state index contributed by atoms with van der Waals surface area (Å²) >= 11 is 1.25. The van der Waals surface area contributed by atoms with Gasteiger partial charge in [-0.1, -0.05) is 36.4 Å². The highest BCUT2D eigenvalue weighted by atomic mass is 32.2. The predicted molar refractivity (Wildman–Crippen MR) is 157 cm³/mol. The average Bonchev–Trinajstić information content (AvgIpc) is 2.97. The van der Waals surface area contributed by atoms with Crippen LogP contribution in [0, 0.1) is 6.92 Å². The molecule has 212 valence electrons. The Bertz CT molecular complexity index is 1690. The molecule has 1 unspecified atom stereocenters. The number of anilines is 2. The van der Waals surface area contributed by atoms with Crippen molar-refractivity contribution in [3.8, 4) is 0 Å². The lowest BCUT2D eigenvalue weighted by Crippen LogP contribution is -2.20. The zero-order valence-corrected chi connectivity index (χ0v) is 22.8. The van der Waals surface area contributed by atoms with E-state index in [4.69, 9.17) is 5.11 Å². The van der Waals surface area contributed by atoms with Crippen molar-refractivity contribution in [3.05, 3.63) is 124 Å². The van der Waals surface area contributed by atoms with Crippen LogP contribution in [0.15, 0.2) is 95.9 Å². The molecule has 0 aromatic heterocycles. The second-order valence-electron chi connectivity index (χ2n) is 9.08. The van der Waals surface area contributed by atoms with Crippen molar-refractivity contribution in [1.82, 2.24) is 0 Å². The summed E-state index contributed by atoms with van der Waals surface area (Å²) in [4.78, 5) is 61.2. The Morgan fingerprint density at radius 3 is 1.90 bits per heavy atom. The Balaban J connectivity index is 1.53. The number of carbonyl (C=O) groups is 5. The lowest BCUT2D eigenvalue weighted by atomic mass is 10.0. The van der Waals surface area contributed by atoms with E-state index in [-0.39, 0.29) is 22.6 Å². The van der Waals surface area contributed by atoms with Gasteiger partial charge in [0.05, 0.1) is 22.3 Å². The number of rotatable bonds is 10. The summed E-state index contributed by atoms with van der Waals surface area (Å²) in [6.45, 7) is 1.76. The first-order valence-corrected chi connectivity index (χ1v) is 13.3. The summed E-state index contributed by atoms with van der Waals surface area (Å²) in [6, 6.07) is 23.3. The number of nitrogens with one attached hydrogen (secondary N) is 2. The van der Waals surface area contributed by atoms with Crippen molar-refractivity contribution >= 4 is 52.9 Å². The zero-order valence-electron chi connectivity index (χ0n) is 22.0. The summed E-state index contributed by atoms with van der Waals surface area (Å²) in [5.74, 6) is -4.96. The zero-order chi connectivity index (χ0) is 30.4. The molecule has 0 spiro atoms. The molecule has 10 nitrogen and oxygen atoms in total. The van der Waals surface area contributed by atoms with Crippen LogP contribution in [0.4, 0.5) is 11.4 Å². The van der Waals surface area contributed by atoms with Gasteiger partial charge < -0.3 is 26.0 Å². The molecule has 0 heterocycles. The molecule has 5 N–H and O–H groups in total. The van der Waals surface area contributed by atoms with Gasteiger partial charge in [0.15, 0.2) is 0 Å². The Morgan fingerprint density at radius 1 is 0.667 bits per heavy atom. The number of hydrogen-bond acceptors (Lipinski definition) is 6. The maximum absolute atomic E-state index is 13.5. The summed E-state index contributed by atoms with van der Waals surface area (Å²) in [5, 5.41) is 32.7. The smallest absolute Gasteiger partial charge is 0.336 e. The summed E-state index contributed by atoms with van der Waals surface area (Å²) in [5.41, 5.74) is 1.30. The highest BCUT2D eigenvalue weighted by Crippen LogP contribution is 2.37. The van der Waals surface area contributed by atoms with Crippen molar-refractivity contribution in [3.63, 3.8) is 0 Å². The molecule has 1 atom stereocenters. The third-order valence-electron chi connectivity index (χ3n) is 6.19. The quantitative estimate of drug-likeness (QED) is 0.144. The van der Waals surface area contributed by atoms with Gasteiger partial charge in [-0.15, -0.1) is 11.8 Å². The minimum Gasteiger partial charge on any atom is -0.478 e. The highest BCUT2D eigenvalue weighted by molar-refractivity contribution is 8.00. The van der Waals surface area contributed by atoms with E-state index in [0.717, 1.165) is 23.8 Å². The molecule has 0 aliphatic heterocycles. The molecule has 0 bridgehead atoms. The van der Waals surface area contributed by atoms with E-state index in [1.165, 1.54) is 23.9 Å². The number of carbonyl (C=O) groups excluding carboxylic acids is 2. The molecule has 4 rings (SSSR count). The Morgan fingerprint density at radius 2 is 1.29 bits per heavy atom. The van der Waals surface area contributed by atoms with Gasteiger partial charge in [-0.2, -0.15) is 0 Å². The Kier molecular flexibility index (Phi) is 9.03. The number of aryl methyl sites for hydroxylation is 1. The van der Waals surface area contributed by atoms with Crippen LogP contribution in [-0.4, -0.2) is 45.0 Å². The lowest BCUT2D eigenvalue weighted by Gasteiger charge is -2.18. The number of thioether (sulfide) groups is 1. The third kappa shape index (κ3) is 7.01. The van der Waals surface area contributed by atoms with E-state index in [1.807, 2.05) is 18.2 Å². The standard InChI is InChI=1S/C31H24N2O8S/c1-17-7-8-20(30(38)39)16-25(17)33-28(35)26(18-5-3-2-4-6-18)42-22-12-10-21(11-13-22)32-27(34)23-14-9-19(29(36)37)15-24(23)31(40)41/h2-16,26H,1H3,(H,32,34)(H,33,35)(H,36,37)(H,38,39)(H,40,41). The number of amides is 2. The fourth-order valence-electron chi connectivity index (χ4n) is 3.99. The predicted octanol–water partition coefficient (Wildman–Crippen LogP) is 5.81. The number of carboxylic acids is 3. The normalized spacial score (nSPS) is 11.3. The molecule has 0 aliphatic rings. The van der Waals surface area contributed by atoms with E-state index < -0.39 is 34.6 Å². The number of benzene rings is 4. The van der Waals surface area contributed by atoms with E-state index >= 15 is 0 Å². The van der Waals surface area contributed by atoms with Gasteiger partial charge in [0.1, 0.15) is 5.25 Å². The minimum absolute atomic E-state index is 0.0470. The topological polar surface area (TPSA) is 170 Å². The van der Waals surface area contributed by atoms with Crippen molar-refractivity contribution in [2.75, 3.05) is 10.6 Å². The Labute approximate surface area is 244 Å². The molecule has 4 aromatic rings. The van der Waals surface area contributed by atoms with E-state index in [1.54, 1.807) is 49.4 Å². The summed E-state index contributed by atoms with van der Waals surface area (Å²) in [6.07, 6.45) is 0. The van der Waals surface area contributed by atoms with Crippen molar-refractivity contribution in [1.29, 1.82) is 0 Å². The first-order valence-electron chi connectivity index (χ1n) is 12.4. The van der Waals surface area contributed by atoms with E-state index in [0.29, 0.717) is 21.8 Å². The molecule has 0 radical (unpaired) electrons. The largest absolute Gasteiger partial charge is 0.478 e. The second-order valence-corrected chi connectivity index (χ2v) is 10.3. The molecule has 0 saturated heterocycles. The molecule has 0 saturated carbocycles. The maximum atomic E-state index is 13.5. The van der Waals surface area contributed by atoms with Crippen LogP contribution in [0.25, 0.3) is 0 Å². The fourth-order valence-corrected chi connectivity index (χ4v) is 5.02. The molecule has 0 aliphatic carbocycles. The number of aromatic carboxylic acids is 3. The van der Waals surface area contributed by atoms with Crippen LogP contribution < -0.4 is 10.6 Å². The summed E-state index contributed by atoms with van der Waals surface area (Å²) < 4.78 is 0. The van der Waals surface area contributed by atoms with Crippen LogP contribution in [-0.2, 0) is 4.79 Å². The molecule has 0 fully saturated rings. The third-order valence-corrected chi connectivity index (χ3v) is 7.46. The molecule has 4 aromatic carbocycles.